The largest absolute Gasteiger partial charge is 0.472 e. The van der Waals surface area contributed by atoms with Crippen molar-refractivity contribution in [3.8, 4) is 0 Å². The van der Waals surface area contributed by atoms with Crippen LogP contribution in [0.1, 0.15) is 362 Å². The van der Waals surface area contributed by atoms with Gasteiger partial charge in [-0.25, -0.2) is 9.13 Å². The molecule has 522 valence electrons. The monoisotopic (exact) mass is 1300 g/mol. The number of hydrogen-bond donors (Lipinski definition) is 3. The molecule has 0 aliphatic rings. The summed E-state index contributed by atoms with van der Waals surface area (Å²) >= 11 is 0. The van der Waals surface area contributed by atoms with Crippen molar-refractivity contribution in [2.45, 2.75) is 380 Å². The van der Waals surface area contributed by atoms with Crippen molar-refractivity contribution in [3.05, 3.63) is 0 Å². The number of phosphoric ester groups is 2. The second kappa shape index (κ2) is 63.8. The zero-order valence-corrected chi connectivity index (χ0v) is 58.5. The Morgan fingerprint density at radius 1 is 0.273 bits per heavy atom. The summed E-state index contributed by atoms with van der Waals surface area (Å²) < 4.78 is 68.1. The Morgan fingerprint density at radius 2 is 0.455 bits per heavy atom. The Balaban J connectivity index is 5.19. The normalized spacial score (nSPS) is 14.0. The molecular formula is C69H134O17P2. The molecule has 2 unspecified atom stereocenters. The van der Waals surface area contributed by atoms with Crippen LogP contribution in [0.2, 0.25) is 0 Å². The molecular weight excluding hydrogens is 1160 g/mol. The molecule has 0 saturated heterocycles. The minimum Gasteiger partial charge on any atom is -0.462 e. The van der Waals surface area contributed by atoms with E-state index in [2.05, 4.69) is 27.7 Å². The van der Waals surface area contributed by atoms with Crippen LogP contribution in [0.3, 0.4) is 0 Å². The molecule has 0 amide bonds. The molecule has 5 atom stereocenters. The van der Waals surface area contributed by atoms with Crippen LogP contribution in [-0.2, 0) is 65.4 Å². The zero-order valence-electron chi connectivity index (χ0n) is 56.7. The number of hydrogen-bond acceptors (Lipinski definition) is 15. The first kappa shape index (κ1) is 86.1. The number of esters is 4. The van der Waals surface area contributed by atoms with Gasteiger partial charge in [0.2, 0.25) is 0 Å². The summed E-state index contributed by atoms with van der Waals surface area (Å²) in [6.07, 6.45) is 51.4. The molecule has 0 heterocycles. The summed E-state index contributed by atoms with van der Waals surface area (Å²) in [6, 6.07) is 0. The fourth-order valence-corrected chi connectivity index (χ4v) is 12.1. The number of carbonyl (C=O) groups excluding carboxylic acids is 4. The number of aliphatic hydroxyl groups excluding tert-OH is 1. The van der Waals surface area contributed by atoms with Gasteiger partial charge in [-0.2, -0.15) is 0 Å². The fraction of sp³-hybridized carbons (Fsp3) is 0.942. The molecule has 0 aliphatic heterocycles. The zero-order chi connectivity index (χ0) is 64.7. The smallest absolute Gasteiger partial charge is 0.462 e. The lowest BCUT2D eigenvalue weighted by molar-refractivity contribution is -0.161. The molecule has 0 rings (SSSR count). The van der Waals surface area contributed by atoms with Gasteiger partial charge in [0.15, 0.2) is 12.2 Å². The van der Waals surface area contributed by atoms with E-state index in [9.17, 15) is 43.2 Å². The van der Waals surface area contributed by atoms with E-state index < -0.39 is 97.5 Å². The number of aliphatic hydroxyl groups is 1. The van der Waals surface area contributed by atoms with Gasteiger partial charge in [0, 0.05) is 25.7 Å². The second-order valence-electron chi connectivity index (χ2n) is 24.9. The topological polar surface area (TPSA) is 237 Å². The predicted octanol–water partition coefficient (Wildman–Crippen LogP) is 19.9. The number of carbonyl (C=O) groups is 4. The molecule has 19 heteroatoms. The van der Waals surface area contributed by atoms with E-state index >= 15 is 0 Å². The molecule has 3 N–H and O–H groups in total. The lowest BCUT2D eigenvalue weighted by Gasteiger charge is -2.21. The highest BCUT2D eigenvalue weighted by Gasteiger charge is 2.30. The van der Waals surface area contributed by atoms with Gasteiger partial charge in [-0.3, -0.25) is 37.3 Å². The van der Waals surface area contributed by atoms with Crippen molar-refractivity contribution in [2.24, 2.45) is 0 Å². The van der Waals surface area contributed by atoms with Gasteiger partial charge < -0.3 is 33.8 Å². The van der Waals surface area contributed by atoms with Gasteiger partial charge in [0.05, 0.1) is 26.4 Å². The van der Waals surface area contributed by atoms with Crippen molar-refractivity contribution in [3.63, 3.8) is 0 Å². The molecule has 17 nitrogen and oxygen atoms in total. The van der Waals surface area contributed by atoms with Gasteiger partial charge in [-0.15, -0.1) is 0 Å². The number of ether oxygens (including phenoxy) is 4. The summed E-state index contributed by atoms with van der Waals surface area (Å²) in [7, 11) is -9.89. The lowest BCUT2D eigenvalue weighted by Crippen LogP contribution is -2.30. The Morgan fingerprint density at radius 3 is 0.670 bits per heavy atom. The van der Waals surface area contributed by atoms with Crippen LogP contribution < -0.4 is 0 Å². The Kier molecular flexibility index (Phi) is 62.4. The summed E-state index contributed by atoms with van der Waals surface area (Å²) in [5.41, 5.74) is 0. The Hall–Kier alpha value is -1.94. The Bertz CT molecular complexity index is 1690. The molecule has 0 aromatic heterocycles. The van der Waals surface area contributed by atoms with E-state index in [1.165, 1.54) is 180 Å². The lowest BCUT2D eigenvalue weighted by atomic mass is 10.0. The van der Waals surface area contributed by atoms with Crippen LogP contribution in [0.5, 0.6) is 0 Å². The van der Waals surface area contributed by atoms with Crippen LogP contribution in [0.25, 0.3) is 0 Å². The first-order valence-corrected chi connectivity index (χ1v) is 39.3. The van der Waals surface area contributed by atoms with Crippen molar-refractivity contribution < 1.29 is 80.2 Å². The summed E-state index contributed by atoms with van der Waals surface area (Å²) in [5.74, 6) is -2.13. The highest BCUT2D eigenvalue weighted by Crippen LogP contribution is 2.45. The first-order valence-electron chi connectivity index (χ1n) is 36.3. The van der Waals surface area contributed by atoms with Gasteiger partial charge >= 0.3 is 39.5 Å². The summed E-state index contributed by atoms with van der Waals surface area (Å²) in [5, 5.41) is 10.6. The SMILES string of the molecule is CCCCCCCCCCCCCCCCCCC(=O)O[C@H](COC(=O)CCCCCCCCCCCCCCCCC)COP(=O)(O)OC[C@@H](O)COP(=O)(O)OC[C@@H](COC(=O)CCCCCCCCC)OC(=O)CCCCCCCCCCCC. The number of rotatable bonds is 70. The maximum absolute atomic E-state index is 13.0. The van der Waals surface area contributed by atoms with Crippen molar-refractivity contribution in [2.75, 3.05) is 39.6 Å². The molecule has 0 bridgehead atoms. The predicted molar refractivity (Wildman–Crippen MR) is 354 cm³/mol. The molecule has 0 fully saturated rings. The second-order valence-corrected chi connectivity index (χ2v) is 27.8. The minimum absolute atomic E-state index is 0.107. The van der Waals surface area contributed by atoms with E-state index in [1.54, 1.807) is 0 Å². The number of unbranched alkanes of at least 4 members (excludes halogenated alkanes) is 44. The van der Waals surface area contributed by atoms with Gasteiger partial charge in [-0.05, 0) is 25.7 Å². The molecule has 0 aromatic rings. The van der Waals surface area contributed by atoms with Crippen LogP contribution in [0, 0.1) is 0 Å². The van der Waals surface area contributed by atoms with Crippen LogP contribution in [0.15, 0.2) is 0 Å². The van der Waals surface area contributed by atoms with Crippen LogP contribution in [-0.4, -0.2) is 96.7 Å². The third-order valence-corrected chi connectivity index (χ3v) is 18.0. The highest BCUT2D eigenvalue weighted by molar-refractivity contribution is 7.47. The molecule has 0 aliphatic carbocycles. The van der Waals surface area contributed by atoms with E-state index in [4.69, 9.17) is 37.0 Å². The van der Waals surface area contributed by atoms with Crippen molar-refractivity contribution in [1.82, 2.24) is 0 Å². The van der Waals surface area contributed by atoms with Crippen molar-refractivity contribution in [1.29, 1.82) is 0 Å². The first-order chi connectivity index (χ1) is 42.7. The maximum atomic E-state index is 13.0. The van der Waals surface area contributed by atoms with Gasteiger partial charge in [0.25, 0.3) is 0 Å². The average molecular weight is 1300 g/mol. The third kappa shape index (κ3) is 62.8. The molecule has 0 aromatic carbocycles. The van der Waals surface area contributed by atoms with Crippen LogP contribution in [0.4, 0.5) is 0 Å². The van der Waals surface area contributed by atoms with E-state index in [0.717, 1.165) is 103 Å². The molecule has 88 heavy (non-hydrogen) atoms. The quantitative estimate of drug-likeness (QED) is 0.0222. The Labute approximate surface area is 537 Å². The maximum Gasteiger partial charge on any atom is 0.472 e. The van der Waals surface area contributed by atoms with E-state index in [-0.39, 0.29) is 25.7 Å². The minimum atomic E-state index is -4.95. The average Bonchev–Trinajstić information content (AvgIpc) is 3.70. The highest BCUT2D eigenvalue weighted by atomic mass is 31.2. The summed E-state index contributed by atoms with van der Waals surface area (Å²) in [6.45, 7) is 4.90. The fourth-order valence-electron chi connectivity index (χ4n) is 10.5. The molecule has 0 saturated carbocycles. The van der Waals surface area contributed by atoms with Gasteiger partial charge in [0.1, 0.15) is 19.3 Å². The van der Waals surface area contributed by atoms with E-state index in [0.29, 0.717) is 25.7 Å². The van der Waals surface area contributed by atoms with Gasteiger partial charge in [-0.1, -0.05) is 310 Å². The molecule has 0 spiro atoms. The van der Waals surface area contributed by atoms with Crippen LogP contribution >= 0.6 is 15.6 Å². The third-order valence-electron chi connectivity index (χ3n) is 16.1. The standard InChI is InChI=1S/C69H134O17P2/c1-5-9-13-17-21-24-27-29-31-33-35-37-40-44-48-52-56-69(74)86-65(60-80-67(72)54-50-46-42-39-36-34-32-30-28-25-22-18-14-10-6-2)62-84-88(77,78)82-58-63(70)57-81-87(75,76)83-61-64(59-79-66(71)53-49-45-41-20-16-12-8-4)85-68(73)55-51-47-43-38-26-23-19-15-11-7-3/h63-65,70H,5-62H2,1-4H3,(H,75,76)(H,77,78)/t63-,64+,65+/m0/s1. The molecule has 0 radical (unpaired) electrons. The number of phosphoric acid groups is 2. The van der Waals surface area contributed by atoms with Crippen molar-refractivity contribution >= 4 is 39.5 Å². The summed E-state index contributed by atoms with van der Waals surface area (Å²) in [4.78, 5) is 72.3. The van der Waals surface area contributed by atoms with E-state index in [1.807, 2.05) is 0 Å².